The van der Waals surface area contributed by atoms with E-state index in [4.69, 9.17) is 5.73 Å². The zero-order valence-electron chi connectivity index (χ0n) is 6.70. The maximum absolute atomic E-state index is 12.2. The SMILES string of the molecule is COC(=O)c1cc(N)nn1C(F)F. The summed E-state index contributed by atoms with van der Waals surface area (Å²) in [6, 6.07) is 1.03. The largest absolute Gasteiger partial charge is 0.464 e. The number of halogens is 2. The van der Waals surface area contributed by atoms with Gasteiger partial charge in [-0.3, -0.25) is 0 Å². The van der Waals surface area contributed by atoms with Crippen LogP contribution in [0.15, 0.2) is 6.07 Å². The van der Waals surface area contributed by atoms with Crippen LogP contribution in [0.4, 0.5) is 14.6 Å². The summed E-state index contributed by atoms with van der Waals surface area (Å²) in [5.74, 6) is -1.05. The molecule has 1 rings (SSSR count). The first kappa shape index (κ1) is 9.43. The van der Waals surface area contributed by atoms with Gasteiger partial charge in [0.25, 0.3) is 0 Å². The fraction of sp³-hybridized carbons (Fsp3) is 0.333. The molecule has 0 bridgehead atoms. The van der Waals surface area contributed by atoms with Crippen molar-refractivity contribution in [2.45, 2.75) is 6.55 Å². The lowest BCUT2D eigenvalue weighted by Crippen LogP contribution is -2.12. The molecule has 0 amide bonds. The molecule has 0 aliphatic heterocycles. The van der Waals surface area contributed by atoms with Crippen LogP contribution in [0.3, 0.4) is 0 Å². The number of hydrogen-bond donors (Lipinski definition) is 1. The first-order valence-corrected chi connectivity index (χ1v) is 3.27. The highest BCUT2D eigenvalue weighted by atomic mass is 19.3. The molecule has 0 spiro atoms. The normalized spacial score (nSPS) is 10.5. The van der Waals surface area contributed by atoms with Crippen molar-refractivity contribution in [2.24, 2.45) is 0 Å². The number of nitrogens with zero attached hydrogens (tertiary/aromatic N) is 2. The third-order valence-corrected chi connectivity index (χ3v) is 1.33. The Balaban J connectivity index is 3.11. The van der Waals surface area contributed by atoms with Gasteiger partial charge in [0.1, 0.15) is 5.82 Å². The standard InChI is InChI=1S/C6H7F2N3O2/c1-13-5(12)3-2-4(9)10-11(3)6(7)8/h2,6H,1H3,(H2,9,10). The molecular weight excluding hydrogens is 184 g/mol. The van der Waals surface area contributed by atoms with Crippen molar-refractivity contribution in [3.63, 3.8) is 0 Å². The zero-order valence-corrected chi connectivity index (χ0v) is 6.70. The molecule has 7 heteroatoms. The molecule has 0 saturated heterocycles. The fourth-order valence-corrected chi connectivity index (χ4v) is 0.819. The van der Waals surface area contributed by atoms with Gasteiger partial charge in [0.05, 0.1) is 7.11 Å². The lowest BCUT2D eigenvalue weighted by molar-refractivity contribution is 0.0399. The molecule has 0 saturated carbocycles. The van der Waals surface area contributed by atoms with E-state index in [9.17, 15) is 13.6 Å². The van der Waals surface area contributed by atoms with Crippen LogP contribution in [0.25, 0.3) is 0 Å². The van der Waals surface area contributed by atoms with Gasteiger partial charge in [-0.2, -0.15) is 13.5 Å². The van der Waals surface area contributed by atoms with Gasteiger partial charge in [0, 0.05) is 6.07 Å². The lowest BCUT2D eigenvalue weighted by Gasteiger charge is -2.02. The predicted octanol–water partition coefficient (Wildman–Crippen LogP) is 0.647. The van der Waals surface area contributed by atoms with E-state index in [0.29, 0.717) is 0 Å². The monoisotopic (exact) mass is 191 g/mol. The number of rotatable bonds is 2. The highest BCUT2D eigenvalue weighted by Crippen LogP contribution is 2.15. The Bertz CT molecular complexity index is 324. The van der Waals surface area contributed by atoms with Gasteiger partial charge < -0.3 is 10.5 Å². The van der Waals surface area contributed by atoms with Gasteiger partial charge in [-0.25, -0.2) is 4.79 Å². The van der Waals surface area contributed by atoms with Crippen molar-refractivity contribution in [1.82, 2.24) is 9.78 Å². The molecule has 0 aromatic carbocycles. The van der Waals surface area contributed by atoms with Crippen molar-refractivity contribution >= 4 is 11.8 Å². The maximum Gasteiger partial charge on any atom is 0.356 e. The summed E-state index contributed by atoms with van der Waals surface area (Å²) in [6.07, 6.45) is 0. The topological polar surface area (TPSA) is 70.1 Å². The summed E-state index contributed by atoms with van der Waals surface area (Å²) in [5, 5.41) is 3.22. The number of nitrogen functional groups attached to an aromatic ring is 1. The van der Waals surface area contributed by atoms with E-state index in [1.165, 1.54) is 0 Å². The number of aromatic nitrogens is 2. The number of hydrogen-bond acceptors (Lipinski definition) is 4. The molecule has 13 heavy (non-hydrogen) atoms. The van der Waals surface area contributed by atoms with Crippen LogP contribution in [0.5, 0.6) is 0 Å². The zero-order chi connectivity index (χ0) is 10.0. The number of carbonyl (C=O) groups is 1. The quantitative estimate of drug-likeness (QED) is 0.696. The van der Waals surface area contributed by atoms with Crippen molar-refractivity contribution in [1.29, 1.82) is 0 Å². The average molecular weight is 191 g/mol. The van der Waals surface area contributed by atoms with Crippen LogP contribution in [-0.2, 0) is 4.74 Å². The number of methoxy groups -OCH3 is 1. The van der Waals surface area contributed by atoms with Crippen LogP contribution in [0.1, 0.15) is 17.0 Å². The number of ether oxygens (including phenoxy) is 1. The molecule has 1 aromatic heterocycles. The second-order valence-electron chi connectivity index (χ2n) is 2.17. The molecule has 72 valence electrons. The van der Waals surface area contributed by atoms with Crippen LogP contribution >= 0.6 is 0 Å². The van der Waals surface area contributed by atoms with E-state index in [1.807, 2.05) is 0 Å². The number of carbonyl (C=O) groups excluding carboxylic acids is 1. The molecule has 2 N–H and O–H groups in total. The molecule has 1 heterocycles. The molecule has 0 aliphatic rings. The molecule has 0 fully saturated rings. The van der Waals surface area contributed by atoms with Crippen LogP contribution in [-0.4, -0.2) is 22.9 Å². The smallest absolute Gasteiger partial charge is 0.356 e. The van der Waals surface area contributed by atoms with E-state index in [1.54, 1.807) is 0 Å². The average Bonchev–Trinajstić information content (AvgIpc) is 2.46. The van der Waals surface area contributed by atoms with Gasteiger partial charge in [-0.15, -0.1) is 5.10 Å². The Morgan fingerprint density at radius 1 is 1.77 bits per heavy atom. The van der Waals surface area contributed by atoms with Crippen molar-refractivity contribution < 1.29 is 18.3 Å². The van der Waals surface area contributed by atoms with Gasteiger partial charge in [-0.05, 0) is 0 Å². The van der Waals surface area contributed by atoms with Gasteiger partial charge >= 0.3 is 12.5 Å². The third-order valence-electron chi connectivity index (χ3n) is 1.33. The number of anilines is 1. The first-order chi connectivity index (χ1) is 6.06. The minimum Gasteiger partial charge on any atom is -0.464 e. The second-order valence-corrected chi connectivity index (χ2v) is 2.17. The molecule has 0 unspecified atom stereocenters. The highest BCUT2D eigenvalue weighted by Gasteiger charge is 2.20. The Hall–Kier alpha value is -1.66. The minimum absolute atomic E-state index is 0.152. The Morgan fingerprint density at radius 2 is 2.38 bits per heavy atom. The van der Waals surface area contributed by atoms with E-state index >= 15 is 0 Å². The van der Waals surface area contributed by atoms with Crippen molar-refractivity contribution in [3.8, 4) is 0 Å². The number of alkyl halides is 2. The van der Waals surface area contributed by atoms with Crippen molar-refractivity contribution in [3.05, 3.63) is 11.8 Å². The minimum atomic E-state index is -2.91. The van der Waals surface area contributed by atoms with E-state index in [-0.39, 0.29) is 16.2 Å². The molecule has 5 nitrogen and oxygen atoms in total. The molecule has 0 radical (unpaired) electrons. The number of nitrogens with two attached hydrogens (primary N) is 1. The van der Waals surface area contributed by atoms with Gasteiger partial charge in [0.2, 0.25) is 0 Å². The fourth-order valence-electron chi connectivity index (χ4n) is 0.819. The maximum atomic E-state index is 12.2. The molecule has 1 aromatic rings. The Kier molecular flexibility index (Phi) is 2.45. The first-order valence-electron chi connectivity index (χ1n) is 3.27. The molecule has 0 aliphatic carbocycles. The number of esters is 1. The lowest BCUT2D eigenvalue weighted by atomic mass is 10.4. The summed E-state index contributed by atoms with van der Waals surface area (Å²) in [6.45, 7) is -2.91. The summed E-state index contributed by atoms with van der Waals surface area (Å²) in [5.41, 5.74) is 4.77. The van der Waals surface area contributed by atoms with Gasteiger partial charge in [-0.1, -0.05) is 0 Å². The van der Waals surface area contributed by atoms with E-state index < -0.39 is 12.5 Å². The van der Waals surface area contributed by atoms with Gasteiger partial charge in [0.15, 0.2) is 5.69 Å². The van der Waals surface area contributed by atoms with Crippen LogP contribution in [0.2, 0.25) is 0 Å². The third kappa shape index (κ3) is 1.74. The molecular formula is C6H7F2N3O2. The summed E-state index contributed by atoms with van der Waals surface area (Å²) in [4.78, 5) is 10.9. The Morgan fingerprint density at radius 3 is 2.85 bits per heavy atom. The van der Waals surface area contributed by atoms with E-state index in [0.717, 1.165) is 13.2 Å². The summed E-state index contributed by atoms with van der Waals surface area (Å²) in [7, 11) is 1.08. The van der Waals surface area contributed by atoms with E-state index in [2.05, 4.69) is 9.84 Å². The van der Waals surface area contributed by atoms with Crippen molar-refractivity contribution in [2.75, 3.05) is 12.8 Å². The Labute approximate surface area is 72.1 Å². The summed E-state index contributed by atoms with van der Waals surface area (Å²) < 4.78 is 28.8. The van der Waals surface area contributed by atoms with Crippen LogP contribution in [0, 0.1) is 0 Å². The second kappa shape index (κ2) is 3.38. The predicted molar refractivity (Wildman–Crippen MR) is 39.2 cm³/mol. The van der Waals surface area contributed by atoms with Crippen LogP contribution < -0.4 is 5.73 Å². The molecule has 0 atom stereocenters. The summed E-state index contributed by atoms with van der Waals surface area (Å²) >= 11 is 0. The highest BCUT2D eigenvalue weighted by molar-refractivity contribution is 5.88.